The Hall–Kier alpha value is -1.07. The Balaban J connectivity index is 1.66. The van der Waals surface area contributed by atoms with Crippen LogP contribution in [0.4, 0.5) is 0 Å². The Labute approximate surface area is 104 Å². The minimum atomic E-state index is -0.189. The molecule has 0 unspecified atom stereocenters. The summed E-state index contributed by atoms with van der Waals surface area (Å²) in [7, 11) is 1.74. The summed E-state index contributed by atoms with van der Waals surface area (Å²) in [4.78, 5) is 12.0. The topological polar surface area (TPSA) is 56.2 Å². The van der Waals surface area contributed by atoms with Crippen LogP contribution < -0.4 is 5.32 Å². The second-order valence-corrected chi connectivity index (χ2v) is 5.08. The highest BCUT2D eigenvalue weighted by molar-refractivity contribution is 6.33. The molecule has 6 heteroatoms. The maximum Gasteiger partial charge on any atom is 0.273 e. The molecular weight excluding hydrogens is 242 g/mol. The van der Waals surface area contributed by atoms with Crippen LogP contribution in [0.25, 0.3) is 0 Å². The van der Waals surface area contributed by atoms with Gasteiger partial charge in [-0.3, -0.25) is 9.48 Å². The lowest BCUT2D eigenvalue weighted by Gasteiger charge is -2.39. The van der Waals surface area contributed by atoms with Crippen molar-refractivity contribution >= 4 is 17.5 Å². The van der Waals surface area contributed by atoms with Crippen LogP contribution in [0.3, 0.4) is 0 Å². The quantitative estimate of drug-likeness (QED) is 0.857. The summed E-state index contributed by atoms with van der Waals surface area (Å²) in [5.41, 5.74) is 0.302. The first-order valence-corrected chi connectivity index (χ1v) is 6.14. The van der Waals surface area contributed by atoms with Gasteiger partial charge in [0.1, 0.15) is 0 Å². The molecule has 1 aliphatic heterocycles. The molecule has 3 atom stereocenters. The number of carbonyl (C=O) groups excluding carboxylic acids is 1. The van der Waals surface area contributed by atoms with Crippen molar-refractivity contribution in [1.29, 1.82) is 0 Å². The van der Waals surface area contributed by atoms with E-state index < -0.39 is 0 Å². The summed E-state index contributed by atoms with van der Waals surface area (Å²) < 4.78 is 7.04. The predicted octanol–water partition coefficient (Wildman–Crippen LogP) is 0.981. The van der Waals surface area contributed by atoms with Gasteiger partial charge in [0.05, 0.1) is 11.1 Å². The number of carbonyl (C=O) groups is 1. The zero-order valence-electron chi connectivity index (χ0n) is 9.52. The number of hydrogen-bond acceptors (Lipinski definition) is 3. The van der Waals surface area contributed by atoms with E-state index in [-0.39, 0.29) is 11.9 Å². The molecule has 92 valence electrons. The lowest BCUT2D eigenvalue weighted by Crippen LogP contribution is -2.53. The lowest BCUT2D eigenvalue weighted by molar-refractivity contribution is 0.00802. The SMILES string of the molecule is Cn1cc(Cl)c(C(=O)N[C@@H]2C[C@H]3OCC[C@@H]23)n1. The molecule has 0 aromatic carbocycles. The van der Waals surface area contributed by atoms with Gasteiger partial charge in [-0.2, -0.15) is 5.10 Å². The van der Waals surface area contributed by atoms with Gasteiger partial charge in [-0.15, -0.1) is 0 Å². The molecule has 1 aliphatic carbocycles. The fourth-order valence-electron chi connectivity index (χ4n) is 2.61. The predicted molar refractivity (Wildman–Crippen MR) is 61.9 cm³/mol. The van der Waals surface area contributed by atoms with Gasteiger partial charge in [0.2, 0.25) is 0 Å². The highest BCUT2D eigenvalue weighted by atomic mass is 35.5. The average molecular weight is 256 g/mol. The van der Waals surface area contributed by atoms with Crippen LogP contribution >= 0.6 is 11.6 Å². The summed E-state index contributed by atoms with van der Waals surface area (Å²) >= 11 is 5.93. The molecule has 5 nitrogen and oxygen atoms in total. The number of nitrogens with zero attached hydrogens (tertiary/aromatic N) is 2. The maximum absolute atomic E-state index is 12.0. The molecule has 1 aromatic rings. The fraction of sp³-hybridized carbons (Fsp3) is 0.636. The maximum atomic E-state index is 12.0. The van der Waals surface area contributed by atoms with Crippen molar-refractivity contribution in [2.24, 2.45) is 13.0 Å². The third kappa shape index (κ3) is 1.83. The van der Waals surface area contributed by atoms with Gasteiger partial charge in [0.15, 0.2) is 5.69 Å². The van der Waals surface area contributed by atoms with E-state index in [2.05, 4.69) is 10.4 Å². The van der Waals surface area contributed by atoms with Crippen LogP contribution in [0.15, 0.2) is 6.20 Å². The Kier molecular flexibility index (Phi) is 2.60. The minimum absolute atomic E-state index is 0.189. The lowest BCUT2D eigenvalue weighted by atomic mass is 9.76. The normalized spacial score (nSPS) is 30.8. The first-order chi connectivity index (χ1) is 8.15. The number of fused-ring (bicyclic) bond motifs is 1. The molecule has 3 rings (SSSR count). The molecule has 1 aromatic heterocycles. The van der Waals surface area contributed by atoms with E-state index in [4.69, 9.17) is 16.3 Å². The average Bonchev–Trinajstić information content (AvgIpc) is 2.78. The van der Waals surface area contributed by atoms with Gasteiger partial charge >= 0.3 is 0 Å². The molecule has 1 saturated heterocycles. The van der Waals surface area contributed by atoms with Crippen molar-refractivity contribution in [3.05, 3.63) is 16.9 Å². The molecule has 2 heterocycles. The van der Waals surface area contributed by atoms with E-state index in [1.165, 1.54) is 0 Å². The number of halogens is 1. The van der Waals surface area contributed by atoms with Gasteiger partial charge in [-0.25, -0.2) is 0 Å². The largest absolute Gasteiger partial charge is 0.378 e. The van der Waals surface area contributed by atoms with E-state index in [0.717, 1.165) is 19.4 Å². The number of nitrogens with one attached hydrogen (secondary N) is 1. The van der Waals surface area contributed by atoms with Crippen LogP contribution in [-0.2, 0) is 11.8 Å². The van der Waals surface area contributed by atoms with Crippen molar-refractivity contribution < 1.29 is 9.53 Å². The molecule has 1 N–H and O–H groups in total. The number of amides is 1. The first-order valence-electron chi connectivity index (χ1n) is 5.77. The Morgan fingerprint density at radius 3 is 3.18 bits per heavy atom. The smallest absolute Gasteiger partial charge is 0.273 e. The van der Waals surface area contributed by atoms with E-state index in [1.54, 1.807) is 17.9 Å². The molecule has 2 fully saturated rings. The minimum Gasteiger partial charge on any atom is -0.378 e. The Morgan fingerprint density at radius 1 is 1.71 bits per heavy atom. The van der Waals surface area contributed by atoms with Crippen LogP contribution in [0.1, 0.15) is 23.3 Å². The van der Waals surface area contributed by atoms with Gasteiger partial charge < -0.3 is 10.1 Å². The molecule has 0 radical (unpaired) electrons. The molecule has 17 heavy (non-hydrogen) atoms. The zero-order chi connectivity index (χ0) is 12.0. The van der Waals surface area contributed by atoms with Crippen molar-refractivity contribution in [3.63, 3.8) is 0 Å². The zero-order valence-corrected chi connectivity index (χ0v) is 10.3. The number of ether oxygens (including phenoxy) is 1. The number of aromatic nitrogens is 2. The van der Waals surface area contributed by atoms with Gasteiger partial charge in [0, 0.05) is 31.8 Å². The van der Waals surface area contributed by atoms with Gasteiger partial charge in [0.25, 0.3) is 5.91 Å². The van der Waals surface area contributed by atoms with Crippen LogP contribution in [0.2, 0.25) is 5.02 Å². The van der Waals surface area contributed by atoms with E-state index in [9.17, 15) is 4.79 Å². The second-order valence-electron chi connectivity index (χ2n) is 4.68. The van der Waals surface area contributed by atoms with Crippen molar-refractivity contribution in [2.75, 3.05) is 6.61 Å². The number of hydrogen-bond donors (Lipinski definition) is 1. The summed E-state index contributed by atoms with van der Waals surface area (Å²) in [5.74, 6) is 0.285. The summed E-state index contributed by atoms with van der Waals surface area (Å²) in [5, 5.41) is 7.42. The van der Waals surface area contributed by atoms with Crippen molar-refractivity contribution in [2.45, 2.75) is 25.0 Å². The summed E-state index contributed by atoms with van der Waals surface area (Å²) in [6, 6.07) is 0.216. The third-order valence-electron chi connectivity index (χ3n) is 3.58. The van der Waals surface area contributed by atoms with Crippen molar-refractivity contribution in [3.8, 4) is 0 Å². The monoisotopic (exact) mass is 255 g/mol. The Morgan fingerprint density at radius 2 is 2.53 bits per heavy atom. The highest BCUT2D eigenvalue weighted by Crippen LogP contribution is 2.38. The van der Waals surface area contributed by atoms with Crippen LogP contribution in [0.5, 0.6) is 0 Å². The van der Waals surface area contributed by atoms with E-state index >= 15 is 0 Å². The summed E-state index contributed by atoms with van der Waals surface area (Å²) in [6.45, 7) is 0.812. The van der Waals surface area contributed by atoms with Gasteiger partial charge in [-0.1, -0.05) is 11.6 Å². The van der Waals surface area contributed by atoms with Crippen LogP contribution in [0, 0.1) is 5.92 Å². The molecule has 0 spiro atoms. The fourth-order valence-corrected chi connectivity index (χ4v) is 2.88. The molecule has 0 bridgehead atoms. The van der Waals surface area contributed by atoms with Gasteiger partial charge in [-0.05, 0) is 12.8 Å². The first kappa shape index (κ1) is 11.0. The summed E-state index contributed by atoms with van der Waals surface area (Å²) in [6.07, 6.45) is 3.91. The molecular formula is C11H14ClN3O2. The highest BCUT2D eigenvalue weighted by Gasteiger charge is 2.46. The molecule has 2 aliphatic rings. The standard InChI is InChI=1S/C11H14ClN3O2/c1-15-5-7(12)10(14-15)11(16)13-8-4-9-6(8)2-3-17-9/h5-6,8-9H,2-4H2,1H3,(H,13,16)/t6-,8+,9+/m0/s1. The molecule has 1 amide bonds. The van der Waals surface area contributed by atoms with Crippen molar-refractivity contribution in [1.82, 2.24) is 15.1 Å². The van der Waals surface area contributed by atoms with E-state index in [0.29, 0.717) is 22.7 Å². The molecule has 1 saturated carbocycles. The Bertz CT molecular complexity index is 460. The third-order valence-corrected chi connectivity index (χ3v) is 3.86. The van der Waals surface area contributed by atoms with Crippen LogP contribution in [-0.4, -0.2) is 34.4 Å². The number of rotatable bonds is 2. The number of aryl methyl sites for hydroxylation is 1. The second kappa shape index (κ2) is 3.99. The van der Waals surface area contributed by atoms with E-state index in [1.807, 2.05) is 0 Å².